The number of carbonyl (C=O) groups excluding carboxylic acids is 4. The Kier molecular flexibility index (Phi) is 36.0. The van der Waals surface area contributed by atoms with Crippen LogP contribution >= 0.6 is 0 Å². The minimum atomic E-state index is -0.469. The lowest BCUT2D eigenvalue weighted by Gasteiger charge is -2.09. The third-order valence-electron chi connectivity index (χ3n) is 14.3. The van der Waals surface area contributed by atoms with Crippen molar-refractivity contribution in [3.63, 3.8) is 0 Å². The molecule has 0 radical (unpaired) electrons. The van der Waals surface area contributed by atoms with Crippen molar-refractivity contribution < 1.29 is 47.6 Å². The molecule has 4 aromatic rings. The van der Waals surface area contributed by atoms with Gasteiger partial charge in [0.25, 0.3) is 0 Å². The zero-order valence-corrected chi connectivity index (χ0v) is 48.2. The molecule has 4 rings (SSSR count). The van der Waals surface area contributed by atoms with Gasteiger partial charge in [-0.05, 0) is 123 Å². The maximum atomic E-state index is 12.8. The van der Waals surface area contributed by atoms with Crippen molar-refractivity contribution in [3.05, 3.63) is 108 Å². The van der Waals surface area contributed by atoms with Gasteiger partial charge in [0.2, 0.25) is 0 Å². The number of hydrogen-bond acceptors (Lipinski definition) is 10. The highest BCUT2D eigenvalue weighted by Gasteiger charge is 2.13. The van der Waals surface area contributed by atoms with Gasteiger partial charge in [0.05, 0.1) is 24.3 Å². The maximum absolute atomic E-state index is 12.8. The Labute approximate surface area is 470 Å². The lowest BCUT2D eigenvalue weighted by Crippen LogP contribution is -2.09. The van der Waals surface area contributed by atoms with Crippen LogP contribution in [0.25, 0.3) is 0 Å². The highest BCUT2D eigenvalue weighted by atomic mass is 16.5. The Hall–Kier alpha value is -5.64. The van der Waals surface area contributed by atoms with Gasteiger partial charge in [-0.15, -0.1) is 0 Å². The Morgan fingerprint density at radius 3 is 0.744 bits per heavy atom. The predicted molar refractivity (Wildman–Crippen MR) is 316 cm³/mol. The van der Waals surface area contributed by atoms with Gasteiger partial charge in [-0.1, -0.05) is 206 Å². The third kappa shape index (κ3) is 31.7. The molecule has 0 amide bonds. The van der Waals surface area contributed by atoms with Crippen LogP contribution in [-0.4, -0.2) is 37.1 Å². The first kappa shape index (κ1) is 64.9. The van der Waals surface area contributed by atoms with E-state index >= 15 is 0 Å². The zero-order chi connectivity index (χ0) is 55.4. The highest BCUT2D eigenvalue weighted by Crippen LogP contribution is 2.24. The van der Waals surface area contributed by atoms with Gasteiger partial charge in [-0.25, -0.2) is 9.59 Å². The van der Waals surface area contributed by atoms with Gasteiger partial charge in [-0.2, -0.15) is 0 Å². The molecular formula is C68H98O10. The van der Waals surface area contributed by atoms with E-state index in [1.165, 1.54) is 154 Å². The summed E-state index contributed by atoms with van der Waals surface area (Å²) in [6.07, 6.45) is 42.4. The SMILES string of the molecule is CCCCCCCCCCCCCCCOc1ccc(C(=O)Oc2ccc(OC(=O)CCCCCCCCCCC(=O)Oc3ccc(OC(=O)c4ccc(OCCCCCCCCCCCCCCC)cc4)cc3)cc2)cc1. The van der Waals surface area contributed by atoms with E-state index in [4.69, 9.17) is 28.4 Å². The van der Waals surface area contributed by atoms with E-state index in [9.17, 15) is 19.2 Å². The van der Waals surface area contributed by atoms with Crippen molar-refractivity contribution in [2.45, 2.75) is 245 Å². The summed E-state index contributed by atoms with van der Waals surface area (Å²) in [6.45, 7) is 5.87. The Bertz CT molecular complexity index is 1990. The van der Waals surface area contributed by atoms with E-state index in [0.29, 0.717) is 60.2 Å². The largest absolute Gasteiger partial charge is 0.494 e. The fraction of sp³-hybridized carbons (Fsp3) is 0.588. The quantitative estimate of drug-likeness (QED) is 0.0240. The first-order valence-corrected chi connectivity index (χ1v) is 30.8. The maximum Gasteiger partial charge on any atom is 0.343 e. The molecule has 0 aliphatic heterocycles. The molecule has 4 aromatic carbocycles. The molecule has 0 saturated heterocycles. The summed E-state index contributed by atoms with van der Waals surface area (Å²) in [5.74, 6) is 1.50. The second-order valence-electron chi connectivity index (χ2n) is 21.2. The van der Waals surface area contributed by atoms with E-state index in [0.717, 1.165) is 75.7 Å². The summed E-state index contributed by atoms with van der Waals surface area (Å²) in [7, 11) is 0. The predicted octanol–water partition coefficient (Wildman–Crippen LogP) is 19.5. The topological polar surface area (TPSA) is 124 Å². The van der Waals surface area contributed by atoms with E-state index in [1.807, 2.05) is 0 Å². The molecule has 0 heterocycles. The molecule has 0 atom stereocenters. The molecule has 10 nitrogen and oxygen atoms in total. The minimum absolute atomic E-state index is 0.292. The number of hydrogen-bond donors (Lipinski definition) is 0. The van der Waals surface area contributed by atoms with E-state index < -0.39 is 11.9 Å². The van der Waals surface area contributed by atoms with Crippen molar-refractivity contribution in [1.82, 2.24) is 0 Å². The normalized spacial score (nSPS) is 11.1. The smallest absolute Gasteiger partial charge is 0.343 e. The molecule has 0 saturated carbocycles. The summed E-state index contributed by atoms with van der Waals surface area (Å²) in [6, 6.07) is 27.0. The number of esters is 4. The zero-order valence-electron chi connectivity index (χ0n) is 48.2. The number of unbranched alkanes of at least 4 members (excludes halogenated alkanes) is 31. The first-order chi connectivity index (χ1) is 38.3. The summed E-state index contributed by atoms with van der Waals surface area (Å²) >= 11 is 0. The molecule has 0 unspecified atom stereocenters. The molecule has 0 aliphatic rings. The van der Waals surface area contributed by atoms with Gasteiger partial charge in [-0.3, -0.25) is 9.59 Å². The summed E-state index contributed by atoms with van der Waals surface area (Å²) in [4.78, 5) is 50.5. The van der Waals surface area contributed by atoms with Crippen molar-refractivity contribution >= 4 is 23.9 Å². The third-order valence-corrected chi connectivity index (χ3v) is 14.3. The van der Waals surface area contributed by atoms with Gasteiger partial charge in [0.15, 0.2) is 0 Å². The van der Waals surface area contributed by atoms with Crippen LogP contribution in [0.5, 0.6) is 34.5 Å². The first-order valence-electron chi connectivity index (χ1n) is 30.8. The molecule has 0 bridgehead atoms. The van der Waals surface area contributed by atoms with Crippen LogP contribution in [-0.2, 0) is 9.59 Å². The van der Waals surface area contributed by atoms with E-state index in [-0.39, 0.29) is 11.9 Å². The lowest BCUT2D eigenvalue weighted by molar-refractivity contribution is -0.135. The number of ether oxygens (including phenoxy) is 6. The molecule has 0 aromatic heterocycles. The minimum Gasteiger partial charge on any atom is -0.494 e. The molecule has 430 valence electrons. The second-order valence-corrected chi connectivity index (χ2v) is 21.2. The molecular weight excluding hydrogens is 977 g/mol. The van der Waals surface area contributed by atoms with Gasteiger partial charge >= 0.3 is 23.9 Å². The fourth-order valence-corrected chi connectivity index (χ4v) is 9.44. The molecule has 0 aliphatic carbocycles. The Morgan fingerprint density at radius 2 is 0.474 bits per heavy atom. The second kappa shape index (κ2) is 43.3. The summed E-state index contributed by atoms with van der Waals surface area (Å²) in [5, 5.41) is 0. The highest BCUT2D eigenvalue weighted by molar-refractivity contribution is 5.91. The van der Waals surface area contributed by atoms with Crippen molar-refractivity contribution in [2.24, 2.45) is 0 Å². The van der Waals surface area contributed by atoms with Crippen molar-refractivity contribution in [3.8, 4) is 34.5 Å². The van der Waals surface area contributed by atoms with Crippen LogP contribution in [0, 0.1) is 0 Å². The van der Waals surface area contributed by atoms with E-state index in [1.54, 1.807) is 97.1 Å². The molecule has 0 fully saturated rings. The molecule has 0 spiro atoms. The van der Waals surface area contributed by atoms with E-state index in [2.05, 4.69) is 13.8 Å². The average molecular weight is 1080 g/mol. The van der Waals surface area contributed by atoms with Crippen molar-refractivity contribution in [2.75, 3.05) is 13.2 Å². The standard InChI is InChI=1S/C68H98O10/c1-3-5-7-9-11-13-15-17-19-23-27-31-35-55-73-59-43-39-57(40-44-59)67(71)77-63-51-47-61(48-52-63)75-65(69)37-33-29-25-21-22-26-30-34-38-66(70)76-62-49-53-64(54-50-62)78-68(72)58-41-45-60(46-42-58)74-56-36-32-28-24-20-18-16-14-12-10-8-6-4-2/h39-54H,3-38,55-56H2,1-2H3. The van der Waals surface area contributed by atoms with Crippen LogP contribution in [0.15, 0.2) is 97.1 Å². The van der Waals surface area contributed by atoms with Crippen LogP contribution in [0.3, 0.4) is 0 Å². The van der Waals surface area contributed by atoms with Gasteiger partial charge in [0.1, 0.15) is 34.5 Å². The molecule has 0 N–H and O–H groups in total. The monoisotopic (exact) mass is 1070 g/mol. The molecule has 78 heavy (non-hydrogen) atoms. The Balaban J connectivity index is 0.930. The van der Waals surface area contributed by atoms with Crippen molar-refractivity contribution in [1.29, 1.82) is 0 Å². The van der Waals surface area contributed by atoms with Gasteiger partial charge in [0, 0.05) is 12.8 Å². The average Bonchev–Trinajstić information content (AvgIpc) is 3.45. The van der Waals surface area contributed by atoms with Gasteiger partial charge < -0.3 is 28.4 Å². The van der Waals surface area contributed by atoms with Crippen LogP contribution in [0.2, 0.25) is 0 Å². The van der Waals surface area contributed by atoms with Crippen LogP contribution in [0.4, 0.5) is 0 Å². The number of rotatable bonds is 47. The summed E-state index contributed by atoms with van der Waals surface area (Å²) < 4.78 is 33.9. The lowest BCUT2D eigenvalue weighted by atomic mass is 10.0. The van der Waals surface area contributed by atoms with Crippen LogP contribution in [0.1, 0.15) is 266 Å². The Morgan fingerprint density at radius 1 is 0.256 bits per heavy atom. The number of benzene rings is 4. The fourth-order valence-electron chi connectivity index (χ4n) is 9.44. The summed E-state index contributed by atoms with van der Waals surface area (Å²) in [5.41, 5.74) is 0.858. The van der Waals surface area contributed by atoms with Crippen LogP contribution < -0.4 is 28.4 Å². The number of carbonyl (C=O) groups is 4. The molecule has 10 heteroatoms.